The van der Waals surface area contributed by atoms with Crippen LogP contribution < -0.4 is 0 Å². The van der Waals surface area contributed by atoms with Crippen LogP contribution >= 0.6 is 11.6 Å². The average molecular weight is 187 g/mol. The third kappa shape index (κ3) is 1.81. The van der Waals surface area contributed by atoms with Crippen molar-refractivity contribution in [1.29, 1.82) is 0 Å². The maximum absolute atomic E-state index is 5.76. The molecule has 1 unspecified atom stereocenters. The van der Waals surface area contributed by atoms with Gasteiger partial charge in [-0.15, -0.1) is 11.6 Å². The van der Waals surface area contributed by atoms with Crippen LogP contribution in [0.15, 0.2) is 12.5 Å². The van der Waals surface area contributed by atoms with Gasteiger partial charge in [-0.25, -0.2) is 4.98 Å². The summed E-state index contributed by atoms with van der Waals surface area (Å²) < 4.78 is 2.14. The molecule has 3 heteroatoms. The molecule has 1 rings (SSSR count). The van der Waals surface area contributed by atoms with Crippen LogP contribution in [0.25, 0.3) is 0 Å². The highest BCUT2D eigenvalue weighted by Gasteiger charge is 2.11. The summed E-state index contributed by atoms with van der Waals surface area (Å²) in [5, 5.41) is 0. The van der Waals surface area contributed by atoms with E-state index < -0.39 is 0 Å². The van der Waals surface area contributed by atoms with Gasteiger partial charge in [0.05, 0.1) is 17.9 Å². The lowest BCUT2D eigenvalue weighted by Crippen LogP contribution is -2.12. The number of imidazole rings is 1. The fraction of sp³-hybridized carbons (Fsp3) is 0.667. The van der Waals surface area contributed by atoms with Gasteiger partial charge in [0.1, 0.15) is 0 Å². The third-order valence-corrected chi connectivity index (χ3v) is 2.56. The van der Waals surface area contributed by atoms with Gasteiger partial charge in [-0.1, -0.05) is 13.8 Å². The fourth-order valence-electron chi connectivity index (χ4n) is 1.12. The molecule has 2 nitrogen and oxygen atoms in total. The zero-order chi connectivity index (χ0) is 9.14. The summed E-state index contributed by atoms with van der Waals surface area (Å²) >= 11 is 5.76. The van der Waals surface area contributed by atoms with Crippen LogP contribution in [0, 0.1) is 5.92 Å². The van der Waals surface area contributed by atoms with Crippen molar-refractivity contribution in [2.45, 2.75) is 32.7 Å². The van der Waals surface area contributed by atoms with E-state index in [4.69, 9.17) is 11.6 Å². The Labute approximate surface area is 78.6 Å². The summed E-state index contributed by atoms with van der Waals surface area (Å²) in [7, 11) is 0. The van der Waals surface area contributed by atoms with Crippen molar-refractivity contribution < 1.29 is 0 Å². The van der Waals surface area contributed by atoms with Gasteiger partial charge in [-0.05, 0) is 12.8 Å². The Bertz CT molecular complexity index is 242. The Balaban J connectivity index is 2.86. The number of aromatic nitrogens is 2. The Morgan fingerprint density at radius 2 is 2.17 bits per heavy atom. The molecule has 1 aromatic rings. The molecule has 0 fully saturated rings. The van der Waals surface area contributed by atoms with Gasteiger partial charge in [-0.2, -0.15) is 0 Å². The van der Waals surface area contributed by atoms with Crippen molar-refractivity contribution >= 4 is 11.6 Å². The monoisotopic (exact) mass is 186 g/mol. The van der Waals surface area contributed by atoms with Crippen LogP contribution in [0.2, 0.25) is 0 Å². The summed E-state index contributed by atoms with van der Waals surface area (Å²) in [6.07, 6.45) is 3.67. The van der Waals surface area contributed by atoms with Gasteiger partial charge in [0.15, 0.2) is 0 Å². The minimum Gasteiger partial charge on any atom is -0.330 e. The molecule has 0 radical (unpaired) electrons. The molecule has 0 saturated carbocycles. The number of rotatable bonds is 3. The molecule has 0 saturated heterocycles. The summed E-state index contributed by atoms with van der Waals surface area (Å²) in [5.74, 6) is 1.15. The Hall–Kier alpha value is -0.500. The standard InChI is InChI=1S/C9H15ClN2/c1-7(2)8(3)12-6-11-5-9(12)4-10/h5-8H,4H2,1-3H3. The lowest BCUT2D eigenvalue weighted by Gasteiger charge is -2.19. The van der Waals surface area contributed by atoms with Crippen LogP contribution in [-0.4, -0.2) is 9.55 Å². The number of halogens is 1. The van der Waals surface area contributed by atoms with Gasteiger partial charge < -0.3 is 4.57 Å². The molecule has 1 aromatic heterocycles. The smallest absolute Gasteiger partial charge is 0.0951 e. The van der Waals surface area contributed by atoms with Gasteiger partial charge in [0.25, 0.3) is 0 Å². The molecule has 0 bridgehead atoms. The first-order chi connectivity index (χ1) is 5.66. The Morgan fingerprint density at radius 3 is 2.67 bits per heavy atom. The predicted octanol–water partition coefficient (Wildman–Crippen LogP) is 2.84. The van der Waals surface area contributed by atoms with E-state index in [1.807, 2.05) is 12.5 Å². The van der Waals surface area contributed by atoms with E-state index in [0.29, 0.717) is 17.8 Å². The Morgan fingerprint density at radius 1 is 1.50 bits per heavy atom. The molecule has 68 valence electrons. The molecule has 0 aliphatic carbocycles. The molecule has 0 aliphatic heterocycles. The van der Waals surface area contributed by atoms with Gasteiger partial charge in [-0.3, -0.25) is 0 Å². The van der Waals surface area contributed by atoms with Crippen molar-refractivity contribution in [3.05, 3.63) is 18.2 Å². The first kappa shape index (κ1) is 9.59. The maximum atomic E-state index is 5.76. The van der Waals surface area contributed by atoms with Gasteiger partial charge >= 0.3 is 0 Å². The molecular weight excluding hydrogens is 172 g/mol. The summed E-state index contributed by atoms with van der Waals surface area (Å²) in [5.41, 5.74) is 1.10. The lowest BCUT2D eigenvalue weighted by atomic mass is 10.1. The summed E-state index contributed by atoms with van der Waals surface area (Å²) in [4.78, 5) is 4.07. The number of hydrogen-bond acceptors (Lipinski definition) is 1. The lowest BCUT2D eigenvalue weighted by molar-refractivity contribution is 0.401. The molecule has 1 atom stereocenters. The first-order valence-corrected chi connectivity index (χ1v) is 4.77. The normalized spacial score (nSPS) is 13.8. The van der Waals surface area contributed by atoms with E-state index in [1.165, 1.54) is 0 Å². The molecule has 0 aliphatic rings. The molecule has 0 spiro atoms. The number of alkyl halides is 1. The largest absolute Gasteiger partial charge is 0.330 e. The molecule has 0 aromatic carbocycles. The predicted molar refractivity (Wildman–Crippen MR) is 51.3 cm³/mol. The second kappa shape index (κ2) is 3.94. The van der Waals surface area contributed by atoms with E-state index in [0.717, 1.165) is 5.69 Å². The van der Waals surface area contributed by atoms with Crippen LogP contribution in [0.3, 0.4) is 0 Å². The topological polar surface area (TPSA) is 17.8 Å². The highest BCUT2D eigenvalue weighted by molar-refractivity contribution is 6.16. The van der Waals surface area contributed by atoms with Gasteiger partial charge in [0, 0.05) is 12.2 Å². The zero-order valence-corrected chi connectivity index (χ0v) is 8.54. The first-order valence-electron chi connectivity index (χ1n) is 4.23. The van der Waals surface area contributed by atoms with Gasteiger partial charge in [0.2, 0.25) is 0 Å². The SMILES string of the molecule is CC(C)C(C)n1cncc1CCl. The summed E-state index contributed by atoms with van der Waals surface area (Å²) in [6.45, 7) is 6.58. The average Bonchev–Trinajstić information content (AvgIpc) is 2.49. The fourth-order valence-corrected chi connectivity index (χ4v) is 1.33. The van der Waals surface area contributed by atoms with E-state index >= 15 is 0 Å². The van der Waals surface area contributed by atoms with Crippen LogP contribution in [0.4, 0.5) is 0 Å². The Kier molecular flexibility index (Phi) is 3.15. The minimum absolute atomic E-state index is 0.473. The van der Waals surface area contributed by atoms with Crippen molar-refractivity contribution in [1.82, 2.24) is 9.55 Å². The van der Waals surface area contributed by atoms with Crippen LogP contribution in [-0.2, 0) is 5.88 Å². The minimum atomic E-state index is 0.473. The highest BCUT2D eigenvalue weighted by atomic mass is 35.5. The van der Waals surface area contributed by atoms with Crippen molar-refractivity contribution in [3.63, 3.8) is 0 Å². The molecule has 12 heavy (non-hydrogen) atoms. The van der Waals surface area contributed by atoms with Crippen molar-refractivity contribution in [2.75, 3.05) is 0 Å². The van der Waals surface area contributed by atoms with Crippen molar-refractivity contribution in [3.8, 4) is 0 Å². The second-order valence-corrected chi connectivity index (χ2v) is 3.68. The van der Waals surface area contributed by atoms with E-state index in [1.54, 1.807) is 0 Å². The van der Waals surface area contributed by atoms with E-state index in [2.05, 4.69) is 30.3 Å². The van der Waals surface area contributed by atoms with Crippen molar-refractivity contribution in [2.24, 2.45) is 5.92 Å². The third-order valence-electron chi connectivity index (χ3n) is 2.29. The molecular formula is C9H15ClN2. The van der Waals surface area contributed by atoms with E-state index in [9.17, 15) is 0 Å². The summed E-state index contributed by atoms with van der Waals surface area (Å²) in [6, 6.07) is 0.473. The maximum Gasteiger partial charge on any atom is 0.0951 e. The molecule has 0 N–H and O–H groups in total. The van der Waals surface area contributed by atoms with Crippen LogP contribution in [0.5, 0.6) is 0 Å². The number of hydrogen-bond donors (Lipinski definition) is 0. The molecule has 1 heterocycles. The highest BCUT2D eigenvalue weighted by Crippen LogP contribution is 2.19. The zero-order valence-electron chi connectivity index (χ0n) is 7.79. The van der Waals surface area contributed by atoms with E-state index in [-0.39, 0.29) is 0 Å². The van der Waals surface area contributed by atoms with Crippen LogP contribution in [0.1, 0.15) is 32.5 Å². The number of nitrogens with zero attached hydrogens (tertiary/aromatic N) is 2. The quantitative estimate of drug-likeness (QED) is 0.664. The molecule has 0 amide bonds. The second-order valence-electron chi connectivity index (χ2n) is 3.41.